The predicted octanol–water partition coefficient (Wildman–Crippen LogP) is 1.22. The molecule has 3 rings (SSSR count). The van der Waals surface area contributed by atoms with E-state index in [2.05, 4.69) is 20.9 Å². The third kappa shape index (κ3) is 7.62. The van der Waals surface area contributed by atoms with Gasteiger partial charge in [0.05, 0.1) is 5.66 Å². The number of benzene rings is 1. The first kappa shape index (κ1) is 27.8. The molecule has 0 aromatic heterocycles. The smallest absolute Gasteiger partial charge is 0.271 e. The minimum absolute atomic E-state index is 0.0281. The molecule has 2 aliphatic heterocycles. The molecule has 36 heavy (non-hydrogen) atoms. The summed E-state index contributed by atoms with van der Waals surface area (Å²) < 4.78 is 0. The van der Waals surface area contributed by atoms with Crippen LogP contribution in [0.4, 0.5) is 5.69 Å². The summed E-state index contributed by atoms with van der Waals surface area (Å²) >= 11 is 1.25. The van der Waals surface area contributed by atoms with E-state index in [4.69, 9.17) is 11.5 Å². The lowest BCUT2D eigenvalue weighted by Crippen LogP contribution is -2.52. The number of nitrogens with one attached hydrogen (secondary N) is 3. The highest BCUT2D eigenvalue weighted by atomic mass is 32.2. The Hall–Kier alpha value is -2.76. The van der Waals surface area contributed by atoms with Gasteiger partial charge in [-0.15, -0.1) is 0 Å². The van der Waals surface area contributed by atoms with Crippen LogP contribution >= 0.6 is 11.8 Å². The lowest BCUT2D eigenvalue weighted by Gasteiger charge is -2.22. The van der Waals surface area contributed by atoms with Crippen LogP contribution in [0.5, 0.6) is 0 Å². The van der Waals surface area contributed by atoms with E-state index < -0.39 is 16.8 Å². The SMILES string of the molecule is CCN1C(=O)[C@@H](CNc2cccc(C(=O)NCCCN3CCCC3)c2)S/C1=C(/N)C(=O)NC(C)(C)N. The number of carbonyl (C=O) groups is 3. The summed E-state index contributed by atoms with van der Waals surface area (Å²) in [5.41, 5.74) is 12.3. The molecule has 1 aromatic carbocycles. The normalized spacial score (nSPS) is 19.9. The number of hydrogen-bond donors (Lipinski definition) is 5. The maximum atomic E-state index is 12.9. The Morgan fingerprint density at radius 2 is 1.94 bits per heavy atom. The minimum Gasteiger partial charge on any atom is -0.392 e. The second-order valence-electron chi connectivity index (χ2n) is 9.70. The largest absolute Gasteiger partial charge is 0.392 e. The van der Waals surface area contributed by atoms with Crippen molar-refractivity contribution in [2.45, 2.75) is 50.9 Å². The Morgan fingerprint density at radius 1 is 1.22 bits per heavy atom. The summed E-state index contributed by atoms with van der Waals surface area (Å²) in [6.45, 7) is 9.82. The summed E-state index contributed by atoms with van der Waals surface area (Å²) in [4.78, 5) is 42.0. The van der Waals surface area contributed by atoms with E-state index in [0.29, 0.717) is 30.2 Å². The summed E-state index contributed by atoms with van der Waals surface area (Å²) in [6, 6.07) is 7.22. The molecule has 0 unspecified atom stereocenters. The molecular formula is C25H39N7O3S. The van der Waals surface area contributed by atoms with Crippen molar-refractivity contribution in [2.24, 2.45) is 11.5 Å². The molecule has 0 saturated carbocycles. The Morgan fingerprint density at radius 3 is 2.61 bits per heavy atom. The lowest BCUT2D eigenvalue weighted by molar-refractivity contribution is -0.127. The monoisotopic (exact) mass is 517 g/mol. The van der Waals surface area contributed by atoms with E-state index in [9.17, 15) is 14.4 Å². The minimum atomic E-state index is -0.932. The number of nitrogens with zero attached hydrogens (tertiary/aromatic N) is 2. The highest BCUT2D eigenvalue weighted by Gasteiger charge is 2.38. The number of carbonyl (C=O) groups excluding carboxylic acids is 3. The standard InChI is InChI=1S/C25H39N7O3S/c1-4-32-23(35)19(36-24(32)20(26)22(34)30-25(2,3)27)16-29-18-10-7-9-17(15-18)21(33)28-11-8-14-31-12-5-6-13-31/h7,9-10,15,19,29H,4-6,8,11-14,16,26-27H2,1-3H3,(H,28,33)(H,30,34)/b24-20+/t19-/m1/s1. The second-order valence-corrected chi connectivity index (χ2v) is 10.9. The molecule has 1 aromatic rings. The van der Waals surface area contributed by atoms with Gasteiger partial charge in [-0.2, -0.15) is 0 Å². The van der Waals surface area contributed by atoms with E-state index in [-0.39, 0.29) is 17.5 Å². The van der Waals surface area contributed by atoms with Gasteiger partial charge in [-0.25, -0.2) is 0 Å². The molecule has 1 atom stereocenters. The van der Waals surface area contributed by atoms with Gasteiger partial charge in [0, 0.05) is 30.9 Å². The van der Waals surface area contributed by atoms with Gasteiger partial charge >= 0.3 is 0 Å². The molecule has 3 amide bonds. The molecule has 10 nitrogen and oxygen atoms in total. The molecular weight excluding hydrogens is 478 g/mol. The van der Waals surface area contributed by atoms with Crippen molar-refractivity contribution < 1.29 is 14.4 Å². The molecule has 2 saturated heterocycles. The number of rotatable bonds is 11. The first-order valence-electron chi connectivity index (χ1n) is 12.5. The van der Waals surface area contributed by atoms with Crippen molar-refractivity contribution in [1.82, 2.24) is 20.4 Å². The van der Waals surface area contributed by atoms with Crippen LogP contribution in [0.3, 0.4) is 0 Å². The van der Waals surface area contributed by atoms with Crippen molar-refractivity contribution in [3.05, 3.63) is 40.6 Å². The topological polar surface area (TPSA) is 146 Å². The van der Waals surface area contributed by atoms with Crippen LogP contribution in [0.15, 0.2) is 35.0 Å². The number of anilines is 1. The van der Waals surface area contributed by atoms with E-state index >= 15 is 0 Å². The van der Waals surface area contributed by atoms with Gasteiger partial charge < -0.3 is 37.2 Å². The van der Waals surface area contributed by atoms with Gasteiger partial charge in [0.25, 0.3) is 11.8 Å². The Kier molecular flexibility index (Phi) is 9.63. The fourth-order valence-corrected chi connectivity index (χ4v) is 5.44. The van der Waals surface area contributed by atoms with Crippen LogP contribution in [-0.4, -0.2) is 77.7 Å². The van der Waals surface area contributed by atoms with Gasteiger partial charge in [0.2, 0.25) is 5.91 Å². The van der Waals surface area contributed by atoms with Gasteiger partial charge in [-0.3, -0.25) is 14.4 Å². The van der Waals surface area contributed by atoms with E-state index in [1.807, 2.05) is 19.1 Å². The Bertz CT molecular complexity index is 986. The molecule has 0 aliphatic carbocycles. The van der Waals surface area contributed by atoms with Crippen molar-refractivity contribution in [3.8, 4) is 0 Å². The number of nitrogens with two attached hydrogens (primary N) is 2. The Labute approximate surface area is 217 Å². The van der Waals surface area contributed by atoms with Gasteiger partial charge in [-0.1, -0.05) is 17.8 Å². The van der Waals surface area contributed by atoms with Crippen molar-refractivity contribution >= 4 is 35.2 Å². The first-order valence-corrected chi connectivity index (χ1v) is 13.4. The van der Waals surface area contributed by atoms with Crippen LogP contribution < -0.4 is 27.4 Å². The summed E-state index contributed by atoms with van der Waals surface area (Å²) in [7, 11) is 0. The number of likely N-dealkylation sites (tertiary alicyclic amines) is 1. The first-order chi connectivity index (χ1) is 17.1. The van der Waals surface area contributed by atoms with Crippen LogP contribution in [0.2, 0.25) is 0 Å². The fourth-order valence-electron chi connectivity index (χ4n) is 4.21. The molecule has 198 valence electrons. The van der Waals surface area contributed by atoms with E-state index in [1.54, 1.807) is 26.0 Å². The van der Waals surface area contributed by atoms with Crippen LogP contribution in [0.25, 0.3) is 0 Å². The number of hydrogen-bond acceptors (Lipinski definition) is 8. The highest BCUT2D eigenvalue weighted by Crippen LogP contribution is 2.36. The molecule has 7 N–H and O–H groups in total. The van der Waals surface area contributed by atoms with Crippen LogP contribution in [-0.2, 0) is 9.59 Å². The second kappa shape index (κ2) is 12.5. The summed E-state index contributed by atoms with van der Waals surface area (Å²) in [5.74, 6) is -0.751. The quantitative estimate of drug-likeness (QED) is 0.167. The van der Waals surface area contributed by atoms with Crippen LogP contribution in [0, 0.1) is 0 Å². The predicted molar refractivity (Wildman–Crippen MR) is 144 cm³/mol. The third-order valence-corrected chi connectivity index (χ3v) is 7.34. The summed E-state index contributed by atoms with van der Waals surface area (Å²) in [5, 5.41) is 8.83. The van der Waals surface area contributed by atoms with Gasteiger partial charge in [0.1, 0.15) is 16.0 Å². The molecule has 11 heteroatoms. The molecule has 0 bridgehead atoms. The lowest BCUT2D eigenvalue weighted by atomic mass is 10.2. The third-order valence-electron chi connectivity index (χ3n) is 6.02. The molecule has 0 spiro atoms. The maximum absolute atomic E-state index is 12.9. The fraction of sp³-hybridized carbons (Fsp3) is 0.560. The van der Waals surface area contributed by atoms with Crippen molar-refractivity contribution in [3.63, 3.8) is 0 Å². The van der Waals surface area contributed by atoms with Crippen LogP contribution in [0.1, 0.15) is 50.4 Å². The van der Waals surface area contributed by atoms with Crippen molar-refractivity contribution in [1.29, 1.82) is 0 Å². The molecule has 2 fully saturated rings. The van der Waals surface area contributed by atoms with E-state index in [1.165, 1.54) is 29.5 Å². The van der Waals surface area contributed by atoms with Gasteiger partial charge in [0.15, 0.2) is 0 Å². The average molecular weight is 518 g/mol. The number of thioether (sulfide) groups is 1. The molecule has 2 aliphatic rings. The maximum Gasteiger partial charge on any atom is 0.271 e. The van der Waals surface area contributed by atoms with Crippen molar-refractivity contribution in [2.75, 3.05) is 44.6 Å². The van der Waals surface area contributed by atoms with Gasteiger partial charge in [-0.05, 0) is 77.9 Å². The highest BCUT2D eigenvalue weighted by molar-refractivity contribution is 8.04. The molecule has 2 heterocycles. The average Bonchev–Trinajstić information content (AvgIpc) is 3.46. The summed E-state index contributed by atoms with van der Waals surface area (Å²) in [6.07, 6.45) is 3.46. The zero-order valence-electron chi connectivity index (χ0n) is 21.4. The van der Waals surface area contributed by atoms with E-state index in [0.717, 1.165) is 31.7 Å². The zero-order chi connectivity index (χ0) is 26.3. The number of amides is 3. The zero-order valence-corrected chi connectivity index (χ0v) is 22.2. The Balaban J connectivity index is 1.55. The molecule has 0 radical (unpaired) electrons.